The number of aryl methyl sites for hydroxylation is 1. The van der Waals surface area contributed by atoms with Crippen LogP contribution in [0.4, 0.5) is 4.39 Å². The molecule has 0 saturated carbocycles. The fraction of sp³-hybridized carbons (Fsp3) is 0.250. The zero-order valence-electron chi connectivity index (χ0n) is 8.07. The van der Waals surface area contributed by atoms with Gasteiger partial charge >= 0.3 is 0 Å². The van der Waals surface area contributed by atoms with E-state index in [4.69, 9.17) is 4.55 Å². The summed E-state index contributed by atoms with van der Waals surface area (Å²) in [6.07, 6.45) is 0.0805. The first-order valence-corrected chi connectivity index (χ1v) is 6.18. The summed E-state index contributed by atoms with van der Waals surface area (Å²) in [5.41, 5.74) is 0.516. The van der Waals surface area contributed by atoms with E-state index in [0.717, 1.165) is 0 Å². The Balaban J connectivity index is 0.00000196. The van der Waals surface area contributed by atoms with Gasteiger partial charge in [-0.25, -0.2) is 4.39 Å². The van der Waals surface area contributed by atoms with Crippen molar-refractivity contribution in [3.8, 4) is 0 Å². The summed E-state index contributed by atoms with van der Waals surface area (Å²) in [6, 6.07) is 3.99. The second-order valence-corrected chi connectivity index (χ2v) is 5.20. The van der Waals surface area contributed by atoms with Crippen LogP contribution in [0, 0.1) is 5.82 Å². The molecular weight excluding hydrogens is 298 g/mol. The molecule has 0 aliphatic heterocycles. The van der Waals surface area contributed by atoms with Crippen molar-refractivity contribution < 1.29 is 17.4 Å². The van der Waals surface area contributed by atoms with Gasteiger partial charge in [-0.05, 0) is 30.2 Å². The van der Waals surface area contributed by atoms with Gasteiger partial charge < -0.3 is 0 Å². The summed E-state index contributed by atoms with van der Waals surface area (Å²) in [6.45, 7) is 0. The minimum absolute atomic E-state index is 0. The summed E-state index contributed by atoms with van der Waals surface area (Å²) < 4.78 is 42.8. The molecule has 0 spiro atoms. The van der Waals surface area contributed by atoms with Gasteiger partial charge in [0.1, 0.15) is 5.82 Å². The van der Waals surface area contributed by atoms with Gasteiger partial charge in [0.05, 0.1) is 5.75 Å². The van der Waals surface area contributed by atoms with Crippen molar-refractivity contribution in [1.82, 2.24) is 0 Å². The van der Waals surface area contributed by atoms with Crippen LogP contribution >= 0.6 is 15.9 Å². The second-order valence-electron chi connectivity index (χ2n) is 2.77. The normalized spacial score (nSPS) is 10.9. The Morgan fingerprint density at radius 3 is 2.53 bits per heavy atom. The van der Waals surface area contributed by atoms with Gasteiger partial charge in [0.25, 0.3) is 10.1 Å². The van der Waals surface area contributed by atoms with E-state index in [9.17, 15) is 12.8 Å². The Bertz CT molecular complexity index is 436. The summed E-state index contributed by atoms with van der Waals surface area (Å²) in [4.78, 5) is 0. The number of benzene rings is 1. The minimum Gasteiger partial charge on any atom is -0.286 e. The van der Waals surface area contributed by atoms with Gasteiger partial charge in [0.15, 0.2) is 0 Å². The maximum Gasteiger partial charge on any atom is 0.265 e. The van der Waals surface area contributed by atoms with Crippen molar-refractivity contribution in [2.75, 3.05) is 5.75 Å². The van der Waals surface area contributed by atoms with E-state index in [1.165, 1.54) is 18.2 Å². The Kier molecular flexibility index (Phi) is 6.55. The molecule has 0 unspecified atom stereocenters. The molecule has 3 nitrogen and oxygen atoms in total. The first-order valence-electron chi connectivity index (χ1n) is 3.77. The molecule has 1 rings (SSSR count). The van der Waals surface area contributed by atoms with Crippen molar-refractivity contribution in [2.24, 2.45) is 0 Å². The largest absolute Gasteiger partial charge is 0.286 e. The third kappa shape index (κ3) is 5.99. The summed E-state index contributed by atoms with van der Waals surface area (Å²) in [5.74, 6) is -0.840. The Morgan fingerprint density at radius 1 is 1.40 bits per heavy atom. The van der Waals surface area contributed by atoms with Gasteiger partial charge in [-0.15, -0.1) is 0 Å². The molecule has 0 bridgehead atoms. The van der Waals surface area contributed by atoms with Crippen LogP contribution in [-0.4, -0.2) is 48.3 Å². The van der Waals surface area contributed by atoms with Crippen molar-refractivity contribution in [1.29, 1.82) is 0 Å². The molecule has 0 heterocycles. The molecule has 0 saturated heterocycles. The molecule has 0 amide bonds. The maximum atomic E-state index is 12.7. The van der Waals surface area contributed by atoms with E-state index >= 15 is 0 Å². The van der Waals surface area contributed by atoms with Crippen LogP contribution in [0.3, 0.4) is 0 Å². The van der Waals surface area contributed by atoms with Gasteiger partial charge in [0, 0.05) is 34.0 Å². The monoisotopic (exact) mass is 305 g/mol. The van der Waals surface area contributed by atoms with E-state index in [2.05, 4.69) is 15.9 Å². The number of halogens is 2. The smallest absolute Gasteiger partial charge is 0.265 e. The molecule has 1 radical (unpaired) electrons. The average Bonchev–Trinajstić information content (AvgIpc) is 2.05. The molecule has 1 aromatic rings. The predicted octanol–water partition coefficient (Wildman–Crippen LogP) is 1.64. The molecule has 1 N–H and O–H groups in total. The van der Waals surface area contributed by atoms with Crippen LogP contribution in [-0.2, 0) is 16.5 Å². The predicted molar refractivity (Wildman–Crippen MR) is 60.0 cm³/mol. The number of rotatable bonds is 3. The van der Waals surface area contributed by atoms with Gasteiger partial charge in [-0.2, -0.15) is 8.42 Å². The van der Waals surface area contributed by atoms with Crippen molar-refractivity contribution in [2.45, 2.75) is 6.42 Å². The van der Waals surface area contributed by atoms with Crippen LogP contribution < -0.4 is 0 Å². The first kappa shape index (κ1) is 15.5. The molecule has 0 aliphatic rings. The maximum absolute atomic E-state index is 12.7. The molecule has 79 valence electrons. The molecule has 0 aliphatic carbocycles. The number of hydrogen-bond donors (Lipinski definition) is 1. The minimum atomic E-state index is -4.00. The van der Waals surface area contributed by atoms with Gasteiger partial charge in [-0.3, -0.25) is 4.55 Å². The van der Waals surface area contributed by atoms with Crippen LogP contribution in [0.25, 0.3) is 0 Å². The molecule has 7 heteroatoms. The summed E-state index contributed by atoms with van der Waals surface area (Å²) >= 11 is 3.16. The fourth-order valence-corrected chi connectivity index (χ4v) is 1.90. The fourth-order valence-electron chi connectivity index (χ4n) is 0.974. The third-order valence-electron chi connectivity index (χ3n) is 1.64. The van der Waals surface area contributed by atoms with E-state index in [1.54, 1.807) is 0 Å². The van der Waals surface area contributed by atoms with Crippen LogP contribution in [0.2, 0.25) is 0 Å². The van der Waals surface area contributed by atoms with Crippen LogP contribution in [0.1, 0.15) is 5.56 Å². The average molecular weight is 306 g/mol. The summed E-state index contributed by atoms with van der Waals surface area (Å²) in [5, 5.41) is 0. The molecule has 1 aromatic carbocycles. The SMILES string of the molecule is O=S(=O)(O)CCc1cc(F)ccc1Br.[Na]. The van der Waals surface area contributed by atoms with Crippen molar-refractivity contribution in [3.63, 3.8) is 0 Å². The topological polar surface area (TPSA) is 54.4 Å². The second kappa shape index (κ2) is 6.32. The summed E-state index contributed by atoms with van der Waals surface area (Å²) in [7, 11) is -4.00. The van der Waals surface area contributed by atoms with E-state index < -0.39 is 21.7 Å². The van der Waals surface area contributed by atoms with Gasteiger partial charge in [0.2, 0.25) is 0 Å². The molecular formula is C8H8BrFNaO3S. The molecule has 0 atom stereocenters. The van der Waals surface area contributed by atoms with E-state index in [1.807, 2.05) is 0 Å². The van der Waals surface area contributed by atoms with E-state index in [0.29, 0.717) is 10.0 Å². The first-order chi connectivity index (χ1) is 6.38. The number of hydrogen-bond acceptors (Lipinski definition) is 2. The molecule has 0 aromatic heterocycles. The standard InChI is InChI=1S/C8H8BrFO3S.Na/c9-8-2-1-7(10)5-6(8)3-4-14(11,12)13;/h1-2,5H,3-4H2,(H,11,12,13);. The van der Waals surface area contributed by atoms with Crippen molar-refractivity contribution >= 4 is 55.6 Å². The van der Waals surface area contributed by atoms with Crippen molar-refractivity contribution in [3.05, 3.63) is 34.1 Å². The van der Waals surface area contributed by atoms with Crippen LogP contribution in [0.15, 0.2) is 22.7 Å². The van der Waals surface area contributed by atoms with E-state index in [-0.39, 0.29) is 36.0 Å². The molecule has 15 heavy (non-hydrogen) atoms. The Labute approximate surface area is 118 Å². The van der Waals surface area contributed by atoms with Crippen LogP contribution in [0.5, 0.6) is 0 Å². The van der Waals surface area contributed by atoms with Gasteiger partial charge in [-0.1, -0.05) is 15.9 Å². The zero-order valence-corrected chi connectivity index (χ0v) is 12.5. The Hall–Kier alpha value is 0.540. The molecule has 0 fully saturated rings. The Morgan fingerprint density at radius 2 is 2.00 bits per heavy atom. The third-order valence-corrected chi connectivity index (χ3v) is 3.13. The quantitative estimate of drug-likeness (QED) is 0.682. The zero-order chi connectivity index (χ0) is 10.8.